The molecule has 0 saturated carbocycles. The highest BCUT2D eigenvalue weighted by Crippen LogP contribution is 2.35. The molecule has 0 atom stereocenters. The van der Waals surface area contributed by atoms with Crippen LogP contribution in [0.5, 0.6) is 5.75 Å². The lowest BCUT2D eigenvalue weighted by Crippen LogP contribution is -2.12. The Morgan fingerprint density at radius 1 is 1.35 bits per heavy atom. The largest absolute Gasteiger partial charge is 0.497 e. The zero-order valence-corrected chi connectivity index (χ0v) is 9.45. The quantitative estimate of drug-likeness (QED) is 0.744. The maximum absolute atomic E-state index is 8.95. The van der Waals surface area contributed by atoms with Crippen LogP contribution in [0.15, 0.2) is 23.8 Å². The van der Waals surface area contributed by atoms with E-state index in [1.54, 1.807) is 7.11 Å². The molecule has 0 unspecified atom stereocenters. The molecule has 1 N–H and O–H groups in total. The summed E-state index contributed by atoms with van der Waals surface area (Å²) >= 11 is 0. The number of anilines is 1. The number of hydrogen-bond donors (Lipinski definition) is 1. The number of ether oxygens (including phenoxy) is 1. The minimum Gasteiger partial charge on any atom is -0.497 e. The molecule has 0 aromatic heterocycles. The number of nitrogens with one attached hydrogen (secondary N) is 1. The molecule has 2 rings (SSSR count). The third kappa shape index (κ3) is 1.93. The van der Waals surface area contributed by atoms with Crippen LogP contribution in [0.4, 0.5) is 5.69 Å². The fourth-order valence-electron chi connectivity index (χ4n) is 1.93. The summed E-state index contributed by atoms with van der Waals surface area (Å²) in [6.45, 7) is 0.738. The molecule has 0 saturated heterocycles. The Labute approximate surface area is 99.7 Å². The Morgan fingerprint density at radius 3 is 2.76 bits per heavy atom. The van der Waals surface area contributed by atoms with Gasteiger partial charge in [0.25, 0.3) is 0 Å². The molecule has 1 aliphatic heterocycles. The Hall–Kier alpha value is -2.46. The van der Waals surface area contributed by atoms with Gasteiger partial charge in [-0.2, -0.15) is 10.5 Å². The molecule has 4 nitrogen and oxygen atoms in total. The number of nitriles is 2. The van der Waals surface area contributed by atoms with Crippen molar-refractivity contribution >= 4 is 11.3 Å². The van der Waals surface area contributed by atoms with E-state index in [4.69, 9.17) is 15.3 Å². The van der Waals surface area contributed by atoms with Gasteiger partial charge in [0, 0.05) is 17.8 Å². The SMILES string of the molecule is COc1ccc2c(c1)C(=C(C#N)C#N)CCN2. The second-order valence-electron chi connectivity index (χ2n) is 3.67. The number of rotatable bonds is 1. The number of allylic oxidation sites excluding steroid dienone is 1. The average molecular weight is 225 g/mol. The monoisotopic (exact) mass is 225 g/mol. The lowest BCUT2D eigenvalue weighted by Gasteiger charge is -2.21. The van der Waals surface area contributed by atoms with Crippen LogP contribution in [0.1, 0.15) is 12.0 Å². The van der Waals surface area contributed by atoms with Gasteiger partial charge in [-0.15, -0.1) is 0 Å². The van der Waals surface area contributed by atoms with Gasteiger partial charge in [-0.25, -0.2) is 0 Å². The van der Waals surface area contributed by atoms with Crippen LogP contribution < -0.4 is 10.1 Å². The first kappa shape index (κ1) is 11.0. The molecule has 0 aliphatic carbocycles. The molecule has 1 aromatic rings. The maximum atomic E-state index is 8.95. The van der Waals surface area contributed by atoms with Crippen molar-refractivity contribution < 1.29 is 4.74 Å². The standard InChI is InChI=1S/C13H11N3O/c1-17-10-2-3-13-12(6-10)11(4-5-16-13)9(7-14)8-15/h2-3,6,16H,4-5H2,1H3. The van der Waals surface area contributed by atoms with Gasteiger partial charge in [-0.05, 0) is 30.2 Å². The second kappa shape index (κ2) is 4.59. The van der Waals surface area contributed by atoms with E-state index < -0.39 is 0 Å². The molecular weight excluding hydrogens is 214 g/mol. The van der Waals surface area contributed by atoms with Gasteiger partial charge in [-0.1, -0.05) is 0 Å². The minimum absolute atomic E-state index is 0.181. The van der Waals surface area contributed by atoms with Crippen molar-refractivity contribution in [1.82, 2.24) is 0 Å². The van der Waals surface area contributed by atoms with Crippen LogP contribution in [-0.4, -0.2) is 13.7 Å². The summed E-state index contributed by atoms with van der Waals surface area (Å²) in [5, 5.41) is 21.1. The third-order valence-electron chi connectivity index (χ3n) is 2.77. The van der Waals surface area contributed by atoms with Crippen molar-refractivity contribution in [2.45, 2.75) is 6.42 Å². The van der Waals surface area contributed by atoms with Gasteiger partial charge < -0.3 is 10.1 Å². The second-order valence-corrected chi connectivity index (χ2v) is 3.67. The molecule has 0 bridgehead atoms. The Balaban J connectivity index is 2.62. The summed E-state index contributed by atoms with van der Waals surface area (Å²) in [7, 11) is 1.59. The third-order valence-corrected chi connectivity index (χ3v) is 2.77. The van der Waals surface area contributed by atoms with Crippen molar-refractivity contribution in [3.63, 3.8) is 0 Å². The predicted molar refractivity (Wildman–Crippen MR) is 64.2 cm³/mol. The molecule has 17 heavy (non-hydrogen) atoms. The molecule has 0 amide bonds. The van der Waals surface area contributed by atoms with E-state index in [0.717, 1.165) is 29.1 Å². The minimum atomic E-state index is 0.181. The first-order chi connectivity index (χ1) is 8.30. The molecule has 0 spiro atoms. The van der Waals surface area contributed by atoms with Crippen LogP contribution in [0.3, 0.4) is 0 Å². The Morgan fingerprint density at radius 2 is 2.12 bits per heavy atom. The average Bonchev–Trinajstić information content (AvgIpc) is 2.40. The van der Waals surface area contributed by atoms with E-state index in [1.165, 1.54) is 0 Å². The topological polar surface area (TPSA) is 68.8 Å². The first-order valence-corrected chi connectivity index (χ1v) is 5.25. The van der Waals surface area contributed by atoms with E-state index in [2.05, 4.69) is 5.32 Å². The van der Waals surface area contributed by atoms with E-state index in [9.17, 15) is 0 Å². The van der Waals surface area contributed by atoms with Gasteiger partial charge in [0.2, 0.25) is 0 Å². The van der Waals surface area contributed by atoms with Gasteiger partial charge in [0.1, 0.15) is 23.5 Å². The zero-order chi connectivity index (χ0) is 12.3. The highest BCUT2D eigenvalue weighted by molar-refractivity contribution is 5.85. The number of fused-ring (bicyclic) bond motifs is 1. The van der Waals surface area contributed by atoms with Crippen LogP contribution >= 0.6 is 0 Å². The Kier molecular flexibility index (Phi) is 2.98. The van der Waals surface area contributed by atoms with Crippen molar-refractivity contribution in [2.24, 2.45) is 0 Å². The molecule has 0 radical (unpaired) electrons. The van der Waals surface area contributed by atoms with Crippen molar-refractivity contribution in [3.05, 3.63) is 29.3 Å². The first-order valence-electron chi connectivity index (χ1n) is 5.25. The van der Waals surface area contributed by atoms with Crippen molar-refractivity contribution in [2.75, 3.05) is 19.0 Å². The fraction of sp³-hybridized carbons (Fsp3) is 0.231. The summed E-state index contributed by atoms with van der Waals surface area (Å²) in [6, 6.07) is 9.51. The van der Waals surface area contributed by atoms with Gasteiger partial charge in [0.05, 0.1) is 7.11 Å². The molecule has 84 valence electrons. The van der Waals surface area contributed by atoms with E-state index in [1.807, 2.05) is 30.3 Å². The molecule has 1 aromatic carbocycles. The van der Waals surface area contributed by atoms with Gasteiger partial charge in [-0.3, -0.25) is 0 Å². The summed E-state index contributed by atoms with van der Waals surface area (Å²) in [5.74, 6) is 0.722. The van der Waals surface area contributed by atoms with Crippen LogP contribution in [0.2, 0.25) is 0 Å². The normalized spacial score (nSPS) is 12.8. The molecular formula is C13H11N3O. The lowest BCUT2D eigenvalue weighted by molar-refractivity contribution is 0.414. The van der Waals surface area contributed by atoms with Crippen molar-refractivity contribution in [3.8, 4) is 17.9 Å². The van der Waals surface area contributed by atoms with Crippen LogP contribution in [0.25, 0.3) is 5.57 Å². The van der Waals surface area contributed by atoms with Gasteiger partial charge in [0.15, 0.2) is 0 Å². The summed E-state index contributed by atoms with van der Waals surface area (Å²) in [5.41, 5.74) is 2.80. The number of methoxy groups -OCH3 is 1. The summed E-state index contributed by atoms with van der Waals surface area (Å²) < 4.78 is 5.16. The fourth-order valence-corrected chi connectivity index (χ4v) is 1.93. The van der Waals surface area contributed by atoms with E-state index >= 15 is 0 Å². The highest BCUT2D eigenvalue weighted by atomic mass is 16.5. The van der Waals surface area contributed by atoms with E-state index in [-0.39, 0.29) is 5.57 Å². The smallest absolute Gasteiger partial charge is 0.133 e. The van der Waals surface area contributed by atoms with E-state index in [0.29, 0.717) is 6.42 Å². The molecule has 0 fully saturated rings. The number of hydrogen-bond acceptors (Lipinski definition) is 4. The summed E-state index contributed by atoms with van der Waals surface area (Å²) in [6.07, 6.45) is 0.677. The molecule has 1 aliphatic rings. The highest BCUT2D eigenvalue weighted by Gasteiger charge is 2.18. The zero-order valence-electron chi connectivity index (χ0n) is 9.45. The summed E-state index contributed by atoms with van der Waals surface area (Å²) in [4.78, 5) is 0. The Bertz CT molecular complexity index is 545. The number of benzene rings is 1. The lowest BCUT2D eigenvalue weighted by atomic mass is 9.93. The van der Waals surface area contributed by atoms with Crippen molar-refractivity contribution in [1.29, 1.82) is 10.5 Å². The predicted octanol–water partition coefficient (Wildman–Crippen LogP) is 2.31. The molecule has 1 heterocycles. The maximum Gasteiger partial charge on any atom is 0.133 e. The van der Waals surface area contributed by atoms with Gasteiger partial charge >= 0.3 is 0 Å². The number of nitrogens with zero attached hydrogens (tertiary/aromatic N) is 2. The van der Waals surface area contributed by atoms with Crippen LogP contribution in [0, 0.1) is 22.7 Å². The molecule has 4 heteroatoms. The van der Waals surface area contributed by atoms with Crippen LogP contribution in [-0.2, 0) is 0 Å².